The van der Waals surface area contributed by atoms with Crippen LogP contribution >= 0.6 is 0 Å². The predicted molar refractivity (Wildman–Crippen MR) is 101 cm³/mol. The monoisotopic (exact) mass is 362 g/mol. The fraction of sp³-hybridized carbons (Fsp3) is 0.600. The lowest BCUT2D eigenvalue weighted by Crippen LogP contribution is -2.51. The molecule has 0 unspecified atom stereocenters. The highest BCUT2D eigenvalue weighted by Gasteiger charge is 2.25. The molecule has 144 valence electrons. The van der Waals surface area contributed by atoms with E-state index in [9.17, 15) is 9.59 Å². The molecule has 0 aliphatic carbocycles. The van der Waals surface area contributed by atoms with Gasteiger partial charge < -0.3 is 19.3 Å². The van der Waals surface area contributed by atoms with Gasteiger partial charge in [0.05, 0.1) is 20.6 Å². The predicted octanol–water partition coefficient (Wildman–Crippen LogP) is 2.27. The quantitative estimate of drug-likeness (QED) is 0.779. The normalized spacial score (nSPS) is 14.5. The zero-order valence-corrected chi connectivity index (χ0v) is 16.5. The van der Waals surface area contributed by atoms with E-state index in [0.29, 0.717) is 44.3 Å². The van der Waals surface area contributed by atoms with Crippen LogP contribution in [0.3, 0.4) is 0 Å². The molecule has 1 heterocycles. The summed E-state index contributed by atoms with van der Waals surface area (Å²) in [5.74, 6) is 2.02. The molecule has 1 saturated heterocycles. The van der Waals surface area contributed by atoms with Crippen LogP contribution < -0.4 is 9.47 Å². The summed E-state index contributed by atoms with van der Waals surface area (Å²) in [4.78, 5) is 28.5. The molecule has 0 aromatic heterocycles. The molecular weight excluding hydrogens is 332 g/mol. The zero-order chi connectivity index (χ0) is 19.3. The number of hydrogen-bond acceptors (Lipinski definition) is 4. The molecule has 0 radical (unpaired) electrons. The van der Waals surface area contributed by atoms with E-state index < -0.39 is 0 Å². The summed E-state index contributed by atoms with van der Waals surface area (Å²) < 4.78 is 10.8. The lowest BCUT2D eigenvalue weighted by molar-refractivity contribution is -0.139. The largest absolute Gasteiger partial charge is 0.496 e. The fourth-order valence-corrected chi connectivity index (χ4v) is 3.21. The van der Waals surface area contributed by atoms with E-state index >= 15 is 0 Å². The third-order valence-corrected chi connectivity index (χ3v) is 4.71. The molecule has 0 spiro atoms. The molecule has 2 amide bonds. The minimum absolute atomic E-state index is 0.0464. The molecule has 0 bridgehead atoms. The SMILES string of the molecule is COc1cc(CC(=O)N2CCN(C(=O)CC(C)C)CC2)c(OC)cc1C. The maximum Gasteiger partial charge on any atom is 0.227 e. The molecule has 26 heavy (non-hydrogen) atoms. The smallest absolute Gasteiger partial charge is 0.227 e. The van der Waals surface area contributed by atoms with Gasteiger partial charge in [0.1, 0.15) is 11.5 Å². The van der Waals surface area contributed by atoms with Crippen molar-refractivity contribution in [2.75, 3.05) is 40.4 Å². The molecule has 1 aromatic carbocycles. The number of nitrogens with zero attached hydrogens (tertiary/aromatic N) is 2. The second-order valence-corrected chi connectivity index (χ2v) is 7.17. The number of ether oxygens (including phenoxy) is 2. The number of methoxy groups -OCH3 is 2. The maximum atomic E-state index is 12.7. The first kappa shape index (κ1) is 20.1. The molecule has 2 rings (SSSR count). The van der Waals surface area contributed by atoms with Gasteiger partial charge in [-0.15, -0.1) is 0 Å². The Bertz CT molecular complexity index is 649. The average molecular weight is 362 g/mol. The van der Waals surface area contributed by atoms with Crippen molar-refractivity contribution in [2.24, 2.45) is 5.92 Å². The first-order valence-corrected chi connectivity index (χ1v) is 9.12. The van der Waals surface area contributed by atoms with Gasteiger partial charge in [-0.2, -0.15) is 0 Å². The van der Waals surface area contributed by atoms with E-state index in [0.717, 1.165) is 16.9 Å². The standard InChI is InChI=1S/C20H30N2O4/c1-14(2)10-19(23)21-6-8-22(9-7-21)20(24)13-16-12-17(25-4)15(3)11-18(16)26-5/h11-12,14H,6-10,13H2,1-5H3. The summed E-state index contributed by atoms with van der Waals surface area (Å²) in [6.07, 6.45) is 0.827. The molecule has 6 heteroatoms. The van der Waals surface area contributed by atoms with Gasteiger partial charge in [0, 0.05) is 38.2 Å². The van der Waals surface area contributed by atoms with Gasteiger partial charge in [0.15, 0.2) is 0 Å². The van der Waals surface area contributed by atoms with Gasteiger partial charge >= 0.3 is 0 Å². The number of carbonyl (C=O) groups excluding carboxylic acids is 2. The Morgan fingerprint density at radius 2 is 1.50 bits per heavy atom. The number of rotatable bonds is 6. The van der Waals surface area contributed by atoms with E-state index in [-0.39, 0.29) is 18.2 Å². The number of aryl methyl sites for hydroxylation is 1. The summed E-state index contributed by atoms with van der Waals surface area (Å²) in [7, 11) is 3.22. The van der Waals surface area contributed by atoms with Crippen LogP contribution in [0.4, 0.5) is 0 Å². The first-order valence-electron chi connectivity index (χ1n) is 9.12. The third kappa shape index (κ3) is 4.90. The van der Waals surface area contributed by atoms with Crippen LogP contribution in [0.25, 0.3) is 0 Å². The van der Waals surface area contributed by atoms with Crippen molar-refractivity contribution in [2.45, 2.75) is 33.6 Å². The van der Waals surface area contributed by atoms with Crippen LogP contribution in [-0.4, -0.2) is 62.0 Å². The number of carbonyl (C=O) groups is 2. The minimum Gasteiger partial charge on any atom is -0.496 e. The summed E-state index contributed by atoms with van der Waals surface area (Å²) in [5.41, 5.74) is 1.79. The van der Waals surface area contributed by atoms with Gasteiger partial charge in [0.2, 0.25) is 11.8 Å². The molecule has 1 aliphatic rings. The van der Waals surface area contributed by atoms with Crippen LogP contribution in [0.15, 0.2) is 12.1 Å². The lowest BCUT2D eigenvalue weighted by Gasteiger charge is -2.35. The molecule has 1 aromatic rings. The lowest BCUT2D eigenvalue weighted by atomic mass is 10.1. The first-order chi connectivity index (χ1) is 12.3. The van der Waals surface area contributed by atoms with Gasteiger partial charge in [0.25, 0.3) is 0 Å². The van der Waals surface area contributed by atoms with Crippen molar-refractivity contribution in [3.8, 4) is 11.5 Å². The van der Waals surface area contributed by atoms with Crippen molar-refractivity contribution >= 4 is 11.8 Å². The van der Waals surface area contributed by atoms with Crippen molar-refractivity contribution < 1.29 is 19.1 Å². The van der Waals surface area contributed by atoms with Crippen molar-refractivity contribution in [3.63, 3.8) is 0 Å². The summed E-state index contributed by atoms with van der Waals surface area (Å²) in [6.45, 7) is 8.39. The van der Waals surface area contributed by atoms with Crippen LogP contribution in [-0.2, 0) is 16.0 Å². The summed E-state index contributed by atoms with van der Waals surface area (Å²) >= 11 is 0. The van der Waals surface area contributed by atoms with Crippen molar-refractivity contribution in [1.82, 2.24) is 9.80 Å². The topological polar surface area (TPSA) is 59.1 Å². The Morgan fingerprint density at radius 3 is 2.00 bits per heavy atom. The molecule has 1 fully saturated rings. The molecule has 0 N–H and O–H groups in total. The fourth-order valence-electron chi connectivity index (χ4n) is 3.21. The number of piperazine rings is 1. The van der Waals surface area contributed by atoms with Crippen molar-refractivity contribution in [1.29, 1.82) is 0 Å². The molecule has 6 nitrogen and oxygen atoms in total. The third-order valence-electron chi connectivity index (χ3n) is 4.71. The Labute approximate surface area is 156 Å². The van der Waals surface area contributed by atoms with Crippen LogP contribution in [0.5, 0.6) is 11.5 Å². The van der Waals surface area contributed by atoms with Crippen LogP contribution in [0.2, 0.25) is 0 Å². The summed E-state index contributed by atoms with van der Waals surface area (Å²) in [6, 6.07) is 3.76. The molecule has 0 atom stereocenters. The number of hydrogen-bond donors (Lipinski definition) is 0. The Kier molecular flexibility index (Phi) is 6.89. The second-order valence-electron chi connectivity index (χ2n) is 7.17. The highest BCUT2D eigenvalue weighted by atomic mass is 16.5. The average Bonchev–Trinajstić information content (AvgIpc) is 2.62. The van der Waals surface area contributed by atoms with Gasteiger partial charge in [-0.1, -0.05) is 13.8 Å². The Morgan fingerprint density at radius 1 is 0.962 bits per heavy atom. The minimum atomic E-state index is 0.0464. The second kappa shape index (κ2) is 8.92. The number of benzene rings is 1. The van der Waals surface area contributed by atoms with E-state index in [4.69, 9.17) is 9.47 Å². The molecular formula is C20H30N2O4. The van der Waals surface area contributed by atoms with Crippen molar-refractivity contribution in [3.05, 3.63) is 23.3 Å². The molecule has 0 saturated carbocycles. The van der Waals surface area contributed by atoms with Crippen LogP contribution in [0, 0.1) is 12.8 Å². The zero-order valence-electron chi connectivity index (χ0n) is 16.5. The highest BCUT2D eigenvalue weighted by Crippen LogP contribution is 2.29. The van der Waals surface area contributed by atoms with Gasteiger partial charge in [-0.05, 0) is 30.5 Å². The summed E-state index contributed by atoms with van der Waals surface area (Å²) in [5, 5.41) is 0. The van der Waals surface area contributed by atoms with Crippen LogP contribution in [0.1, 0.15) is 31.4 Å². The van der Waals surface area contributed by atoms with E-state index in [1.165, 1.54) is 0 Å². The van der Waals surface area contributed by atoms with Gasteiger partial charge in [-0.3, -0.25) is 9.59 Å². The maximum absolute atomic E-state index is 12.7. The highest BCUT2D eigenvalue weighted by molar-refractivity contribution is 5.81. The van der Waals surface area contributed by atoms with E-state index in [2.05, 4.69) is 0 Å². The Hall–Kier alpha value is -2.24. The number of amides is 2. The van der Waals surface area contributed by atoms with Gasteiger partial charge in [-0.25, -0.2) is 0 Å². The molecule has 1 aliphatic heterocycles. The van der Waals surface area contributed by atoms with E-state index in [1.54, 1.807) is 14.2 Å². The van der Waals surface area contributed by atoms with E-state index in [1.807, 2.05) is 42.7 Å². The Balaban J connectivity index is 1.98.